The maximum Gasteiger partial charge on any atom is 0.348 e. The Hall–Kier alpha value is -2.84. The largest absolute Gasteiger partial charge is 0.508 e. The molecule has 3 rings (SSSR count). The van der Waals surface area contributed by atoms with Crippen LogP contribution in [0.15, 0.2) is 59.5 Å². The molecule has 134 valence electrons. The summed E-state index contributed by atoms with van der Waals surface area (Å²) in [6.07, 6.45) is 0. The predicted octanol–water partition coefficient (Wildman–Crippen LogP) is 3.93. The fraction of sp³-hybridized carbons (Fsp3) is 0.0556. The van der Waals surface area contributed by atoms with Gasteiger partial charge in [0.1, 0.15) is 10.6 Å². The van der Waals surface area contributed by atoms with Crippen molar-refractivity contribution < 1.29 is 23.4 Å². The van der Waals surface area contributed by atoms with Crippen LogP contribution in [-0.4, -0.2) is 24.6 Å². The normalized spacial score (nSPS) is 11.3. The smallest absolute Gasteiger partial charge is 0.348 e. The van der Waals surface area contributed by atoms with Crippen LogP contribution in [0.5, 0.6) is 5.75 Å². The van der Waals surface area contributed by atoms with Gasteiger partial charge in [-0.1, -0.05) is 30.3 Å². The van der Waals surface area contributed by atoms with Crippen molar-refractivity contribution >= 4 is 33.0 Å². The molecule has 0 unspecified atom stereocenters. The van der Waals surface area contributed by atoms with Gasteiger partial charge < -0.3 is 10.2 Å². The Kier molecular flexibility index (Phi) is 4.71. The van der Waals surface area contributed by atoms with E-state index in [0.29, 0.717) is 16.0 Å². The first-order valence-electron chi connectivity index (χ1n) is 7.53. The summed E-state index contributed by atoms with van der Waals surface area (Å²) in [7, 11) is -3.93. The molecule has 8 heteroatoms. The van der Waals surface area contributed by atoms with Crippen molar-refractivity contribution in [2.45, 2.75) is 11.8 Å². The van der Waals surface area contributed by atoms with Crippen LogP contribution in [0.4, 0.5) is 5.69 Å². The highest BCUT2D eigenvalue weighted by molar-refractivity contribution is 7.92. The number of aromatic hydroxyl groups is 1. The summed E-state index contributed by atoms with van der Waals surface area (Å²) >= 11 is 0.932. The van der Waals surface area contributed by atoms with E-state index in [4.69, 9.17) is 0 Å². The minimum absolute atomic E-state index is 0.0101. The molecule has 2 aromatic carbocycles. The van der Waals surface area contributed by atoms with E-state index in [1.165, 1.54) is 24.3 Å². The number of benzene rings is 2. The van der Waals surface area contributed by atoms with E-state index in [1.807, 2.05) is 0 Å². The number of carboxylic acids is 1. The minimum atomic E-state index is -3.93. The van der Waals surface area contributed by atoms with Crippen LogP contribution in [0.1, 0.15) is 15.2 Å². The molecule has 0 saturated heterocycles. The SMILES string of the molecule is Cc1ccccc1S(=O)(=O)Nc1cc(-c2cccc(O)c2)sc1C(=O)O. The Morgan fingerprint density at radius 3 is 2.46 bits per heavy atom. The molecule has 0 aliphatic carbocycles. The molecular weight excluding hydrogens is 374 g/mol. The van der Waals surface area contributed by atoms with Gasteiger partial charge >= 0.3 is 5.97 Å². The average molecular weight is 389 g/mol. The Morgan fingerprint density at radius 1 is 1.08 bits per heavy atom. The molecule has 0 atom stereocenters. The molecule has 3 aromatic rings. The maximum absolute atomic E-state index is 12.7. The van der Waals surface area contributed by atoms with Gasteiger partial charge in [0.15, 0.2) is 0 Å². The van der Waals surface area contributed by atoms with E-state index in [0.717, 1.165) is 11.3 Å². The summed E-state index contributed by atoms with van der Waals surface area (Å²) in [5, 5.41) is 19.0. The van der Waals surface area contributed by atoms with Gasteiger partial charge in [0.05, 0.1) is 10.6 Å². The summed E-state index contributed by atoms with van der Waals surface area (Å²) in [6, 6.07) is 14.2. The molecule has 6 nitrogen and oxygen atoms in total. The number of aryl methyl sites for hydroxylation is 1. The van der Waals surface area contributed by atoms with E-state index < -0.39 is 16.0 Å². The van der Waals surface area contributed by atoms with Gasteiger partial charge in [0.2, 0.25) is 0 Å². The zero-order valence-electron chi connectivity index (χ0n) is 13.6. The fourth-order valence-corrected chi connectivity index (χ4v) is 4.81. The molecule has 26 heavy (non-hydrogen) atoms. The fourth-order valence-electron chi connectivity index (χ4n) is 2.48. The second kappa shape index (κ2) is 6.81. The minimum Gasteiger partial charge on any atom is -0.508 e. The summed E-state index contributed by atoms with van der Waals surface area (Å²) in [5.74, 6) is -1.20. The summed E-state index contributed by atoms with van der Waals surface area (Å²) in [5.41, 5.74) is 1.14. The third kappa shape index (κ3) is 3.56. The number of carboxylic acid groups (broad SMARTS) is 1. The first-order valence-corrected chi connectivity index (χ1v) is 9.83. The lowest BCUT2D eigenvalue weighted by atomic mass is 10.2. The molecule has 0 saturated carbocycles. The Balaban J connectivity index is 2.05. The van der Waals surface area contributed by atoms with Gasteiger partial charge in [-0.3, -0.25) is 4.72 Å². The average Bonchev–Trinajstić information content (AvgIpc) is 2.98. The van der Waals surface area contributed by atoms with Crippen LogP contribution in [0, 0.1) is 6.92 Å². The third-order valence-corrected chi connectivity index (χ3v) is 6.38. The van der Waals surface area contributed by atoms with E-state index >= 15 is 0 Å². The number of sulfonamides is 1. The Bertz CT molecular complexity index is 1090. The highest BCUT2D eigenvalue weighted by atomic mass is 32.2. The molecular formula is C18H15NO5S2. The van der Waals surface area contributed by atoms with Crippen molar-refractivity contribution in [1.82, 2.24) is 0 Å². The standard InChI is InChI=1S/C18H15NO5S2/c1-11-5-2-3-8-16(11)26(23,24)19-14-10-15(25-17(14)18(21)22)12-6-4-7-13(20)9-12/h2-10,19-20H,1H3,(H,21,22). The highest BCUT2D eigenvalue weighted by Gasteiger charge is 2.23. The van der Waals surface area contributed by atoms with Crippen LogP contribution >= 0.6 is 11.3 Å². The molecule has 0 aliphatic rings. The number of phenols is 1. The number of aromatic carboxylic acids is 1. The van der Waals surface area contributed by atoms with E-state index in [2.05, 4.69) is 4.72 Å². The molecule has 0 spiro atoms. The number of anilines is 1. The second-order valence-electron chi connectivity index (χ2n) is 5.58. The first kappa shape index (κ1) is 18.0. The van der Waals surface area contributed by atoms with Gasteiger partial charge in [-0.05, 0) is 42.3 Å². The zero-order valence-corrected chi connectivity index (χ0v) is 15.3. The number of thiophene rings is 1. The van der Waals surface area contributed by atoms with E-state index in [1.54, 1.807) is 37.3 Å². The van der Waals surface area contributed by atoms with Gasteiger partial charge in [0.25, 0.3) is 10.0 Å². The molecule has 1 heterocycles. The molecule has 1 aromatic heterocycles. The number of hydrogen-bond donors (Lipinski definition) is 3. The van der Waals surface area contributed by atoms with Crippen LogP contribution in [0.2, 0.25) is 0 Å². The van der Waals surface area contributed by atoms with Crippen molar-refractivity contribution in [1.29, 1.82) is 0 Å². The van der Waals surface area contributed by atoms with Crippen LogP contribution in [-0.2, 0) is 10.0 Å². The number of rotatable bonds is 5. The number of nitrogens with one attached hydrogen (secondary N) is 1. The second-order valence-corrected chi connectivity index (χ2v) is 8.28. The van der Waals surface area contributed by atoms with Crippen LogP contribution in [0.25, 0.3) is 10.4 Å². The molecule has 0 aliphatic heterocycles. The van der Waals surface area contributed by atoms with E-state index in [-0.39, 0.29) is 21.2 Å². The van der Waals surface area contributed by atoms with Gasteiger partial charge in [0, 0.05) is 4.88 Å². The van der Waals surface area contributed by atoms with Crippen molar-refractivity contribution in [3.63, 3.8) is 0 Å². The predicted molar refractivity (Wildman–Crippen MR) is 100 cm³/mol. The topological polar surface area (TPSA) is 104 Å². The zero-order chi connectivity index (χ0) is 18.9. The summed E-state index contributed by atoms with van der Waals surface area (Å²) in [6.45, 7) is 1.67. The summed E-state index contributed by atoms with van der Waals surface area (Å²) < 4.78 is 27.7. The van der Waals surface area contributed by atoms with Gasteiger partial charge in [-0.25, -0.2) is 13.2 Å². The van der Waals surface area contributed by atoms with Crippen LogP contribution < -0.4 is 4.72 Å². The van der Waals surface area contributed by atoms with Crippen LogP contribution in [0.3, 0.4) is 0 Å². The van der Waals surface area contributed by atoms with Crippen molar-refractivity contribution in [3.8, 4) is 16.2 Å². The first-order chi connectivity index (χ1) is 12.3. The third-order valence-electron chi connectivity index (χ3n) is 3.68. The van der Waals surface area contributed by atoms with Crippen molar-refractivity contribution in [2.24, 2.45) is 0 Å². The van der Waals surface area contributed by atoms with Gasteiger partial charge in [-0.15, -0.1) is 11.3 Å². The Morgan fingerprint density at radius 2 is 1.81 bits per heavy atom. The quantitative estimate of drug-likeness (QED) is 0.613. The molecule has 0 radical (unpaired) electrons. The highest BCUT2D eigenvalue weighted by Crippen LogP contribution is 2.37. The molecule has 0 bridgehead atoms. The monoisotopic (exact) mass is 389 g/mol. The summed E-state index contributed by atoms with van der Waals surface area (Å²) in [4.78, 5) is 12.0. The maximum atomic E-state index is 12.7. The lowest BCUT2D eigenvalue weighted by molar-refractivity contribution is 0.0703. The van der Waals surface area contributed by atoms with Crippen molar-refractivity contribution in [2.75, 3.05) is 4.72 Å². The van der Waals surface area contributed by atoms with E-state index in [9.17, 15) is 23.4 Å². The van der Waals surface area contributed by atoms with Gasteiger partial charge in [-0.2, -0.15) is 0 Å². The molecule has 0 fully saturated rings. The van der Waals surface area contributed by atoms with Crippen molar-refractivity contribution in [3.05, 3.63) is 65.0 Å². The number of carbonyl (C=O) groups is 1. The lowest BCUT2D eigenvalue weighted by Crippen LogP contribution is -2.15. The molecule has 0 amide bonds. The molecule has 3 N–H and O–H groups in total. The lowest BCUT2D eigenvalue weighted by Gasteiger charge is -2.09. The number of hydrogen-bond acceptors (Lipinski definition) is 5. The Labute approximate surface area is 154 Å². The number of phenolic OH excluding ortho intramolecular Hbond substituents is 1.